The van der Waals surface area contributed by atoms with Gasteiger partial charge < -0.3 is 15.5 Å². The smallest absolute Gasteiger partial charge is 0.227 e. The molecule has 0 saturated carbocycles. The molecule has 2 aromatic carbocycles. The summed E-state index contributed by atoms with van der Waals surface area (Å²) in [6.07, 6.45) is 0.125. The van der Waals surface area contributed by atoms with Gasteiger partial charge in [0.25, 0.3) is 0 Å². The minimum atomic E-state index is -0.456. The molecule has 1 unspecified atom stereocenters. The Morgan fingerprint density at radius 3 is 2.63 bits per heavy atom. The van der Waals surface area contributed by atoms with Gasteiger partial charge in [-0.15, -0.1) is 0 Å². The van der Waals surface area contributed by atoms with E-state index in [0.717, 1.165) is 5.56 Å². The second-order valence-corrected chi connectivity index (χ2v) is 6.48. The summed E-state index contributed by atoms with van der Waals surface area (Å²) in [5.41, 5.74) is 2.02. The predicted molar refractivity (Wildman–Crippen MR) is 99.5 cm³/mol. The predicted octanol–water partition coefficient (Wildman–Crippen LogP) is 2.45. The van der Waals surface area contributed by atoms with E-state index < -0.39 is 5.92 Å². The molecule has 0 aromatic heterocycles. The molecule has 1 fully saturated rings. The molecule has 0 spiro atoms. The molecule has 1 aliphatic rings. The van der Waals surface area contributed by atoms with E-state index in [1.807, 2.05) is 0 Å². The molecule has 0 aliphatic carbocycles. The van der Waals surface area contributed by atoms with Gasteiger partial charge in [0.2, 0.25) is 17.7 Å². The van der Waals surface area contributed by atoms with Crippen molar-refractivity contribution in [3.05, 3.63) is 59.9 Å². The minimum absolute atomic E-state index is 0.125. The maximum Gasteiger partial charge on any atom is 0.227 e. The zero-order chi connectivity index (χ0) is 19.4. The van der Waals surface area contributed by atoms with E-state index in [1.54, 1.807) is 41.3 Å². The summed E-state index contributed by atoms with van der Waals surface area (Å²) in [6, 6.07) is 12.8. The lowest BCUT2D eigenvalue weighted by molar-refractivity contribution is -0.126. The van der Waals surface area contributed by atoms with Crippen LogP contribution in [0.2, 0.25) is 0 Å². The lowest BCUT2D eigenvalue weighted by atomic mass is 10.1. The number of carbonyl (C=O) groups is 3. The SMILES string of the molecule is CC(=O)Nc1cccc(N2CC(C(=O)NCc3ccc(F)cc3)CC2=O)c1. The first-order valence-electron chi connectivity index (χ1n) is 8.62. The van der Waals surface area contributed by atoms with Crippen LogP contribution in [0.1, 0.15) is 18.9 Å². The first-order chi connectivity index (χ1) is 12.9. The molecule has 1 saturated heterocycles. The van der Waals surface area contributed by atoms with Crippen molar-refractivity contribution >= 4 is 29.1 Å². The maximum absolute atomic E-state index is 12.9. The molecule has 3 rings (SSSR count). The van der Waals surface area contributed by atoms with E-state index in [1.165, 1.54) is 19.1 Å². The topological polar surface area (TPSA) is 78.5 Å². The van der Waals surface area contributed by atoms with Crippen molar-refractivity contribution in [3.63, 3.8) is 0 Å². The number of nitrogens with one attached hydrogen (secondary N) is 2. The van der Waals surface area contributed by atoms with Crippen LogP contribution >= 0.6 is 0 Å². The highest BCUT2D eigenvalue weighted by Crippen LogP contribution is 2.27. The van der Waals surface area contributed by atoms with Crippen molar-refractivity contribution in [2.24, 2.45) is 5.92 Å². The van der Waals surface area contributed by atoms with E-state index in [2.05, 4.69) is 10.6 Å². The maximum atomic E-state index is 12.9. The summed E-state index contributed by atoms with van der Waals surface area (Å²) >= 11 is 0. The van der Waals surface area contributed by atoms with Gasteiger partial charge in [-0.2, -0.15) is 0 Å². The highest BCUT2D eigenvalue weighted by atomic mass is 19.1. The van der Waals surface area contributed by atoms with Crippen LogP contribution in [0.15, 0.2) is 48.5 Å². The van der Waals surface area contributed by atoms with Gasteiger partial charge in [0.15, 0.2) is 0 Å². The van der Waals surface area contributed by atoms with Crippen LogP contribution in [0.25, 0.3) is 0 Å². The number of anilines is 2. The number of benzene rings is 2. The number of rotatable bonds is 5. The van der Waals surface area contributed by atoms with Gasteiger partial charge >= 0.3 is 0 Å². The van der Waals surface area contributed by atoms with Crippen LogP contribution < -0.4 is 15.5 Å². The Bertz CT molecular complexity index is 867. The van der Waals surface area contributed by atoms with Crippen molar-refractivity contribution in [2.75, 3.05) is 16.8 Å². The number of nitrogens with zero attached hydrogens (tertiary/aromatic N) is 1. The zero-order valence-corrected chi connectivity index (χ0v) is 14.9. The van der Waals surface area contributed by atoms with Gasteiger partial charge in [0, 0.05) is 37.8 Å². The van der Waals surface area contributed by atoms with Crippen LogP contribution in [0.4, 0.5) is 15.8 Å². The van der Waals surface area contributed by atoms with Crippen LogP contribution in [0.3, 0.4) is 0 Å². The quantitative estimate of drug-likeness (QED) is 0.850. The molecule has 27 heavy (non-hydrogen) atoms. The lowest BCUT2D eigenvalue weighted by Gasteiger charge is -2.18. The highest BCUT2D eigenvalue weighted by molar-refractivity contribution is 6.01. The third kappa shape index (κ3) is 4.69. The van der Waals surface area contributed by atoms with Gasteiger partial charge in [-0.1, -0.05) is 18.2 Å². The summed E-state index contributed by atoms with van der Waals surface area (Å²) in [5.74, 6) is -1.34. The lowest BCUT2D eigenvalue weighted by Crippen LogP contribution is -2.32. The van der Waals surface area contributed by atoms with Crippen LogP contribution in [-0.2, 0) is 20.9 Å². The number of hydrogen-bond acceptors (Lipinski definition) is 3. The third-order valence-corrected chi connectivity index (χ3v) is 4.35. The van der Waals surface area contributed by atoms with Crippen molar-refractivity contribution < 1.29 is 18.8 Å². The zero-order valence-electron chi connectivity index (χ0n) is 14.9. The Labute approximate surface area is 156 Å². The number of halogens is 1. The fourth-order valence-electron chi connectivity index (χ4n) is 3.02. The van der Waals surface area contributed by atoms with Crippen LogP contribution in [0.5, 0.6) is 0 Å². The second kappa shape index (κ2) is 7.99. The average Bonchev–Trinajstić information content (AvgIpc) is 3.02. The fourth-order valence-corrected chi connectivity index (χ4v) is 3.02. The van der Waals surface area contributed by atoms with Gasteiger partial charge in [0.1, 0.15) is 5.82 Å². The molecular formula is C20H20FN3O3. The molecule has 3 amide bonds. The molecule has 2 aromatic rings. The largest absolute Gasteiger partial charge is 0.352 e. The molecule has 0 radical (unpaired) electrons. The van der Waals surface area contributed by atoms with Crippen LogP contribution in [-0.4, -0.2) is 24.3 Å². The van der Waals surface area contributed by atoms with Crippen molar-refractivity contribution in [3.8, 4) is 0 Å². The van der Waals surface area contributed by atoms with E-state index >= 15 is 0 Å². The van der Waals surface area contributed by atoms with Gasteiger partial charge in [-0.25, -0.2) is 4.39 Å². The molecular weight excluding hydrogens is 349 g/mol. The monoisotopic (exact) mass is 369 g/mol. The average molecular weight is 369 g/mol. The summed E-state index contributed by atoms with van der Waals surface area (Å²) in [7, 11) is 0. The Balaban J connectivity index is 1.62. The van der Waals surface area contributed by atoms with E-state index in [4.69, 9.17) is 0 Å². The summed E-state index contributed by atoms with van der Waals surface area (Å²) in [6.45, 7) is 1.97. The molecule has 0 bridgehead atoms. The molecule has 140 valence electrons. The summed E-state index contributed by atoms with van der Waals surface area (Å²) < 4.78 is 12.9. The summed E-state index contributed by atoms with van der Waals surface area (Å²) in [5, 5.41) is 5.47. The normalized spacial score (nSPS) is 16.3. The van der Waals surface area contributed by atoms with Gasteiger partial charge in [-0.3, -0.25) is 14.4 Å². The van der Waals surface area contributed by atoms with Crippen molar-refractivity contribution in [1.82, 2.24) is 5.32 Å². The standard InChI is InChI=1S/C20H20FN3O3/c1-13(25)23-17-3-2-4-18(10-17)24-12-15(9-19(24)26)20(27)22-11-14-5-7-16(21)8-6-14/h2-8,10,15H,9,11-12H2,1H3,(H,22,27)(H,23,25). The highest BCUT2D eigenvalue weighted by Gasteiger charge is 2.35. The fraction of sp³-hybridized carbons (Fsp3) is 0.250. The number of hydrogen-bond donors (Lipinski definition) is 2. The summed E-state index contributed by atoms with van der Waals surface area (Å²) in [4.78, 5) is 37.5. The molecule has 6 nitrogen and oxygen atoms in total. The molecule has 2 N–H and O–H groups in total. The Morgan fingerprint density at radius 2 is 1.93 bits per heavy atom. The van der Waals surface area contributed by atoms with Gasteiger partial charge in [0.05, 0.1) is 5.92 Å². The Hall–Kier alpha value is -3.22. The molecule has 1 aliphatic heterocycles. The van der Waals surface area contributed by atoms with E-state index in [0.29, 0.717) is 11.4 Å². The van der Waals surface area contributed by atoms with Crippen molar-refractivity contribution in [1.29, 1.82) is 0 Å². The number of amides is 3. The van der Waals surface area contributed by atoms with Gasteiger partial charge in [-0.05, 0) is 35.9 Å². The number of carbonyl (C=O) groups excluding carboxylic acids is 3. The third-order valence-electron chi connectivity index (χ3n) is 4.35. The Kier molecular flexibility index (Phi) is 5.49. The Morgan fingerprint density at radius 1 is 1.19 bits per heavy atom. The van der Waals surface area contributed by atoms with Crippen molar-refractivity contribution in [2.45, 2.75) is 19.9 Å². The van der Waals surface area contributed by atoms with E-state index in [-0.39, 0.29) is 43.0 Å². The van der Waals surface area contributed by atoms with E-state index in [9.17, 15) is 18.8 Å². The second-order valence-electron chi connectivity index (χ2n) is 6.48. The first-order valence-corrected chi connectivity index (χ1v) is 8.62. The molecule has 1 heterocycles. The molecule has 1 atom stereocenters. The molecule has 7 heteroatoms. The van der Waals surface area contributed by atoms with Crippen LogP contribution in [0, 0.1) is 11.7 Å². The minimum Gasteiger partial charge on any atom is -0.352 e. The first kappa shape index (κ1) is 18.6.